The van der Waals surface area contributed by atoms with E-state index < -0.39 is 5.24 Å². The van der Waals surface area contributed by atoms with E-state index in [0.29, 0.717) is 22.6 Å². The minimum absolute atomic E-state index is 0.264. The molecule has 0 bridgehead atoms. The molecule has 0 saturated heterocycles. The molecule has 0 aliphatic carbocycles. The summed E-state index contributed by atoms with van der Waals surface area (Å²) in [6.45, 7) is -0.264. The van der Waals surface area contributed by atoms with Crippen molar-refractivity contribution in [1.82, 2.24) is 0 Å². The summed E-state index contributed by atoms with van der Waals surface area (Å²) in [7, 11) is 0. The number of para-hydroxylation sites is 1. The van der Waals surface area contributed by atoms with Gasteiger partial charge in [-0.25, -0.2) is 0 Å². The van der Waals surface area contributed by atoms with Crippen molar-refractivity contribution in [3.8, 4) is 11.5 Å². The highest BCUT2D eigenvalue weighted by Crippen LogP contribution is 2.24. The molecule has 0 aliphatic heterocycles. The van der Waals surface area contributed by atoms with E-state index in [0.717, 1.165) is 0 Å². The second-order valence-electron chi connectivity index (χ2n) is 3.67. The van der Waals surface area contributed by atoms with Crippen molar-refractivity contribution in [2.75, 3.05) is 0 Å². The van der Waals surface area contributed by atoms with Crippen LogP contribution < -0.4 is 4.74 Å². The Bertz CT molecular complexity index is 552. The Morgan fingerprint density at radius 3 is 2.44 bits per heavy atom. The summed E-state index contributed by atoms with van der Waals surface area (Å²) in [5.41, 5.74) is 0.739. The van der Waals surface area contributed by atoms with Crippen molar-refractivity contribution in [2.24, 2.45) is 0 Å². The summed E-state index contributed by atoms with van der Waals surface area (Å²) < 4.78 is 5.59. The van der Waals surface area contributed by atoms with E-state index in [2.05, 4.69) is 0 Å². The number of carbonyl (C=O) groups is 1. The number of benzene rings is 2. The van der Waals surface area contributed by atoms with Crippen molar-refractivity contribution in [2.45, 2.75) is 6.61 Å². The van der Waals surface area contributed by atoms with E-state index >= 15 is 0 Å². The highest BCUT2D eigenvalue weighted by atomic mass is 35.5. The highest BCUT2D eigenvalue weighted by Gasteiger charge is 2.09. The molecule has 0 atom stereocenters. The van der Waals surface area contributed by atoms with Gasteiger partial charge in [-0.05, 0) is 47.5 Å². The Kier molecular flexibility index (Phi) is 3.97. The second kappa shape index (κ2) is 5.67. The van der Waals surface area contributed by atoms with Crippen LogP contribution in [0.1, 0.15) is 15.9 Å². The molecule has 2 rings (SSSR count). The first-order valence-electron chi connectivity index (χ1n) is 5.37. The zero-order valence-electron chi connectivity index (χ0n) is 9.47. The molecule has 0 spiro atoms. The lowest BCUT2D eigenvalue weighted by atomic mass is 10.1. The monoisotopic (exact) mass is 262 g/mol. The van der Waals surface area contributed by atoms with Gasteiger partial charge in [0.05, 0.1) is 6.61 Å². The van der Waals surface area contributed by atoms with Crippen molar-refractivity contribution in [3.63, 3.8) is 0 Å². The molecule has 0 heterocycles. The molecular formula is C14H11ClO3. The summed E-state index contributed by atoms with van der Waals surface area (Å²) in [5, 5.41) is 8.60. The van der Waals surface area contributed by atoms with Gasteiger partial charge < -0.3 is 9.84 Å². The van der Waals surface area contributed by atoms with Crippen LogP contribution in [0.15, 0.2) is 48.5 Å². The van der Waals surface area contributed by atoms with Gasteiger partial charge in [-0.3, -0.25) is 4.79 Å². The third kappa shape index (κ3) is 2.88. The van der Waals surface area contributed by atoms with E-state index in [1.54, 1.807) is 18.2 Å². The van der Waals surface area contributed by atoms with Crippen molar-refractivity contribution in [3.05, 3.63) is 59.7 Å². The van der Waals surface area contributed by atoms with Crippen LogP contribution in [0.4, 0.5) is 0 Å². The molecule has 0 amide bonds. The lowest BCUT2D eigenvalue weighted by molar-refractivity contribution is 0.107. The normalized spacial score (nSPS) is 10.1. The number of aliphatic hydroxyl groups excluding tert-OH is 1. The van der Waals surface area contributed by atoms with Gasteiger partial charge >= 0.3 is 0 Å². The fourth-order valence-electron chi connectivity index (χ4n) is 1.58. The number of ether oxygens (including phenoxy) is 1. The van der Waals surface area contributed by atoms with Crippen LogP contribution >= 0.6 is 11.6 Å². The minimum atomic E-state index is -0.592. The van der Waals surface area contributed by atoms with E-state index in [1.165, 1.54) is 0 Å². The molecule has 2 aromatic carbocycles. The van der Waals surface area contributed by atoms with Gasteiger partial charge in [0.2, 0.25) is 0 Å². The fourth-order valence-corrected chi connectivity index (χ4v) is 1.77. The Morgan fingerprint density at radius 2 is 1.83 bits per heavy atom. The van der Waals surface area contributed by atoms with Gasteiger partial charge in [0, 0.05) is 5.56 Å². The lowest BCUT2D eigenvalue weighted by Gasteiger charge is -2.08. The van der Waals surface area contributed by atoms with Gasteiger partial charge in [-0.15, -0.1) is 0 Å². The molecule has 92 valence electrons. The largest absolute Gasteiger partial charge is 0.457 e. The summed E-state index contributed by atoms with van der Waals surface area (Å²) in [5.74, 6) is 1.23. The van der Waals surface area contributed by atoms with Crippen molar-refractivity contribution in [1.29, 1.82) is 0 Å². The van der Waals surface area contributed by atoms with Gasteiger partial charge in [0.25, 0.3) is 5.24 Å². The van der Waals surface area contributed by atoms with Crippen LogP contribution in [-0.2, 0) is 6.61 Å². The third-order valence-corrected chi connectivity index (χ3v) is 2.64. The lowest BCUT2D eigenvalue weighted by Crippen LogP contribution is -1.98. The van der Waals surface area contributed by atoms with Crippen molar-refractivity contribution < 1.29 is 14.6 Å². The molecule has 3 nitrogen and oxygen atoms in total. The number of rotatable bonds is 4. The number of hydrogen-bond acceptors (Lipinski definition) is 3. The zero-order chi connectivity index (χ0) is 13.0. The molecule has 4 heteroatoms. The molecule has 0 unspecified atom stereocenters. The smallest absolute Gasteiger partial charge is 0.252 e. The summed E-state index contributed by atoms with van der Waals surface area (Å²) in [4.78, 5) is 11.1. The first-order valence-corrected chi connectivity index (χ1v) is 5.75. The maximum absolute atomic E-state index is 11.1. The molecule has 1 N–H and O–H groups in total. The van der Waals surface area contributed by atoms with Gasteiger partial charge in [0.1, 0.15) is 11.5 Å². The first-order chi connectivity index (χ1) is 8.70. The summed E-state index contributed by atoms with van der Waals surface area (Å²) in [6.07, 6.45) is 0. The van der Waals surface area contributed by atoms with Crippen LogP contribution in [0.25, 0.3) is 0 Å². The van der Waals surface area contributed by atoms with E-state index in [-0.39, 0.29) is 6.61 Å². The Balaban J connectivity index is 2.28. The Hall–Kier alpha value is -1.84. The summed E-state index contributed by atoms with van der Waals surface area (Å²) >= 11 is 5.41. The van der Waals surface area contributed by atoms with Gasteiger partial charge in [0.15, 0.2) is 0 Å². The molecule has 0 aromatic heterocycles. The summed E-state index contributed by atoms with van der Waals surface area (Å²) in [6, 6.07) is 14.0. The Morgan fingerprint density at radius 1 is 1.11 bits per heavy atom. The molecule has 0 fully saturated rings. The maximum Gasteiger partial charge on any atom is 0.252 e. The van der Waals surface area contributed by atoms with Crippen LogP contribution in [0, 0.1) is 0 Å². The van der Waals surface area contributed by atoms with Gasteiger partial charge in [-0.2, -0.15) is 0 Å². The average Bonchev–Trinajstić information content (AvgIpc) is 2.39. The van der Waals surface area contributed by atoms with Crippen LogP contribution in [-0.4, -0.2) is 10.3 Å². The zero-order valence-corrected chi connectivity index (χ0v) is 10.2. The Labute approximate surface area is 110 Å². The molecule has 0 radical (unpaired) electrons. The average molecular weight is 263 g/mol. The quantitative estimate of drug-likeness (QED) is 0.860. The van der Waals surface area contributed by atoms with Crippen molar-refractivity contribution >= 4 is 16.8 Å². The number of aliphatic hydroxyl groups is 1. The minimum Gasteiger partial charge on any atom is -0.457 e. The topological polar surface area (TPSA) is 46.5 Å². The third-order valence-electron chi connectivity index (χ3n) is 2.44. The number of carbonyl (C=O) groups excluding carboxylic acids is 1. The second-order valence-corrected chi connectivity index (χ2v) is 4.01. The van der Waals surface area contributed by atoms with E-state index in [9.17, 15) is 9.90 Å². The van der Waals surface area contributed by atoms with Crippen LogP contribution in [0.5, 0.6) is 11.5 Å². The molecule has 18 heavy (non-hydrogen) atoms. The SMILES string of the molecule is O=C(Cl)c1ccc(Oc2ccccc2)cc1CO. The highest BCUT2D eigenvalue weighted by molar-refractivity contribution is 6.67. The first kappa shape index (κ1) is 12.6. The predicted molar refractivity (Wildman–Crippen MR) is 69.1 cm³/mol. The molecule has 2 aromatic rings. The standard InChI is InChI=1S/C14H11ClO3/c15-14(17)13-7-6-12(8-10(13)9-16)18-11-4-2-1-3-5-11/h1-8,16H,9H2. The predicted octanol–water partition coefficient (Wildman–Crippen LogP) is 3.35. The maximum atomic E-state index is 11.1. The van der Waals surface area contributed by atoms with Crippen LogP contribution in [0.3, 0.4) is 0 Å². The molecule has 0 saturated carbocycles. The van der Waals surface area contributed by atoms with Gasteiger partial charge in [-0.1, -0.05) is 18.2 Å². The molecular weight excluding hydrogens is 252 g/mol. The van der Waals surface area contributed by atoms with E-state index in [1.807, 2.05) is 30.3 Å². The van der Waals surface area contributed by atoms with Crippen LogP contribution in [0.2, 0.25) is 0 Å². The fraction of sp³-hybridized carbons (Fsp3) is 0.0714. The molecule has 0 aliphatic rings. The van der Waals surface area contributed by atoms with E-state index in [4.69, 9.17) is 16.3 Å². The number of halogens is 1. The number of hydrogen-bond donors (Lipinski definition) is 1.